The molecule has 3 rings (SSSR count). The summed E-state index contributed by atoms with van der Waals surface area (Å²) in [6.07, 6.45) is 2.79. The van der Waals surface area contributed by atoms with Gasteiger partial charge in [-0.1, -0.05) is 0 Å². The molecule has 2 heterocycles. The van der Waals surface area contributed by atoms with E-state index in [0.717, 1.165) is 18.5 Å². The van der Waals surface area contributed by atoms with Crippen LogP contribution in [0.15, 0.2) is 12.1 Å². The third kappa shape index (κ3) is 1.23. The minimum absolute atomic E-state index is 0.356. The Balaban J connectivity index is 2.32. The number of hydrogen-bond donors (Lipinski definition) is 0. The first kappa shape index (κ1) is 8.52. The maximum absolute atomic E-state index is 12.9. The van der Waals surface area contributed by atoms with E-state index in [1.54, 1.807) is 0 Å². The first-order valence-corrected chi connectivity index (χ1v) is 4.80. The largest absolute Gasteiger partial charge is 0.296 e. The minimum Gasteiger partial charge on any atom is -0.296 e. The van der Waals surface area contributed by atoms with E-state index in [2.05, 4.69) is 10.1 Å². The molecule has 0 spiro atoms. The van der Waals surface area contributed by atoms with E-state index < -0.39 is 5.95 Å². The van der Waals surface area contributed by atoms with Crippen molar-refractivity contribution in [3.8, 4) is 0 Å². The van der Waals surface area contributed by atoms with Crippen molar-refractivity contribution in [2.45, 2.75) is 18.8 Å². The van der Waals surface area contributed by atoms with Gasteiger partial charge in [-0.15, -0.1) is 5.10 Å². The Labute approximate surface area is 84.7 Å². The Bertz CT molecular complexity index is 545. The van der Waals surface area contributed by atoms with Gasteiger partial charge in [0, 0.05) is 5.92 Å². The molecule has 0 N–H and O–H groups in total. The fourth-order valence-electron chi connectivity index (χ4n) is 1.71. The van der Waals surface area contributed by atoms with Gasteiger partial charge in [0.05, 0.1) is 5.69 Å². The van der Waals surface area contributed by atoms with Gasteiger partial charge >= 0.3 is 0 Å². The van der Waals surface area contributed by atoms with Gasteiger partial charge in [0.1, 0.15) is 5.69 Å². The molecule has 1 aliphatic rings. The predicted molar refractivity (Wildman–Crippen MR) is 50.3 cm³/mol. The Kier molecular flexibility index (Phi) is 1.62. The number of carbonyl (C=O) groups excluding carboxylic acids is 1. The number of hydrogen-bond acceptors (Lipinski definition) is 3. The van der Waals surface area contributed by atoms with Gasteiger partial charge in [-0.05, 0) is 25.0 Å². The van der Waals surface area contributed by atoms with Crippen LogP contribution in [0.4, 0.5) is 4.39 Å². The highest BCUT2D eigenvalue weighted by molar-refractivity contribution is 5.76. The molecule has 0 aromatic carbocycles. The number of carbonyl (C=O) groups is 1. The number of nitrogens with zero attached hydrogens (tertiary/aromatic N) is 3. The molecular weight excluding hydrogens is 197 g/mol. The second kappa shape index (κ2) is 2.85. The molecule has 0 unspecified atom stereocenters. The molecule has 76 valence electrons. The normalized spacial score (nSPS) is 15.8. The van der Waals surface area contributed by atoms with E-state index in [-0.39, 0.29) is 0 Å². The van der Waals surface area contributed by atoms with Gasteiger partial charge < -0.3 is 0 Å². The average Bonchev–Trinajstić information content (AvgIpc) is 3.00. The summed E-state index contributed by atoms with van der Waals surface area (Å²) in [5.41, 5.74) is 1.66. The van der Waals surface area contributed by atoms with Crippen LogP contribution in [0, 0.1) is 5.95 Å². The summed E-state index contributed by atoms with van der Waals surface area (Å²) in [4.78, 5) is 15.2. The van der Waals surface area contributed by atoms with Gasteiger partial charge in [-0.25, -0.2) is 9.50 Å². The van der Waals surface area contributed by atoms with Gasteiger partial charge in [0.2, 0.25) is 5.95 Å². The SMILES string of the molecule is O=Cc1c(C2CC2)nc2ccc(F)nn12. The van der Waals surface area contributed by atoms with Gasteiger partial charge in [-0.3, -0.25) is 4.79 Å². The molecule has 0 amide bonds. The minimum atomic E-state index is -0.606. The standard InChI is InChI=1S/C10H8FN3O/c11-8-3-4-9-12-10(6-1-2-6)7(5-15)14(9)13-8/h3-6H,1-2H2. The van der Waals surface area contributed by atoms with Crippen molar-refractivity contribution in [1.29, 1.82) is 0 Å². The lowest BCUT2D eigenvalue weighted by Crippen LogP contribution is -1.99. The summed E-state index contributed by atoms with van der Waals surface area (Å²) in [6.45, 7) is 0. The zero-order chi connectivity index (χ0) is 10.4. The number of rotatable bonds is 2. The van der Waals surface area contributed by atoms with E-state index in [1.807, 2.05) is 0 Å². The highest BCUT2D eigenvalue weighted by atomic mass is 19.1. The summed E-state index contributed by atoms with van der Waals surface area (Å²) in [5, 5.41) is 3.63. The third-order valence-corrected chi connectivity index (χ3v) is 2.58. The second-order valence-corrected chi connectivity index (χ2v) is 3.70. The van der Waals surface area contributed by atoms with Crippen LogP contribution in [-0.2, 0) is 0 Å². The molecule has 15 heavy (non-hydrogen) atoms. The molecule has 5 heteroatoms. The Morgan fingerprint density at radius 2 is 2.27 bits per heavy atom. The number of aldehydes is 1. The summed E-state index contributed by atoms with van der Waals surface area (Å²) >= 11 is 0. The molecule has 1 fully saturated rings. The molecule has 0 bridgehead atoms. The Morgan fingerprint density at radius 1 is 1.47 bits per heavy atom. The predicted octanol–water partition coefficient (Wildman–Crippen LogP) is 1.56. The maximum atomic E-state index is 12.9. The molecule has 1 saturated carbocycles. The lowest BCUT2D eigenvalue weighted by Gasteiger charge is -1.94. The van der Waals surface area contributed by atoms with E-state index in [0.29, 0.717) is 23.5 Å². The topological polar surface area (TPSA) is 47.3 Å². The van der Waals surface area contributed by atoms with Crippen LogP contribution < -0.4 is 0 Å². The van der Waals surface area contributed by atoms with E-state index >= 15 is 0 Å². The lowest BCUT2D eigenvalue weighted by atomic mass is 10.2. The van der Waals surface area contributed by atoms with Crippen LogP contribution in [0.3, 0.4) is 0 Å². The van der Waals surface area contributed by atoms with Crippen molar-refractivity contribution in [3.05, 3.63) is 29.5 Å². The molecule has 0 atom stereocenters. The summed E-state index contributed by atoms with van der Waals surface area (Å²) < 4.78 is 14.2. The average molecular weight is 205 g/mol. The lowest BCUT2D eigenvalue weighted by molar-refractivity contribution is 0.111. The quantitative estimate of drug-likeness (QED) is 0.699. The second-order valence-electron chi connectivity index (χ2n) is 3.70. The molecule has 2 aromatic rings. The fraction of sp³-hybridized carbons (Fsp3) is 0.300. The van der Waals surface area contributed by atoms with E-state index in [9.17, 15) is 9.18 Å². The van der Waals surface area contributed by atoms with E-state index in [4.69, 9.17) is 0 Å². The zero-order valence-corrected chi connectivity index (χ0v) is 7.85. The molecule has 2 aromatic heterocycles. The van der Waals surface area contributed by atoms with Crippen LogP contribution in [0.5, 0.6) is 0 Å². The summed E-state index contributed by atoms with van der Waals surface area (Å²) in [5.74, 6) is -0.250. The van der Waals surface area contributed by atoms with Crippen molar-refractivity contribution >= 4 is 11.9 Å². The zero-order valence-electron chi connectivity index (χ0n) is 7.85. The van der Waals surface area contributed by atoms with Crippen molar-refractivity contribution in [3.63, 3.8) is 0 Å². The smallest absolute Gasteiger partial charge is 0.231 e. The van der Waals surface area contributed by atoms with Crippen LogP contribution in [0.25, 0.3) is 5.65 Å². The van der Waals surface area contributed by atoms with Crippen LogP contribution in [-0.4, -0.2) is 20.9 Å². The summed E-state index contributed by atoms with van der Waals surface area (Å²) in [7, 11) is 0. The summed E-state index contributed by atoms with van der Waals surface area (Å²) in [6, 6.07) is 2.77. The first-order valence-electron chi connectivity index (χ1n) is 4.80. The van der Waals surface area contributed by atoms with Crippen LogP contribution in [0.1, 0.15) is 34.9 Å². The molecule has 1 aliphatic carbocycles. The Hall–Kier alpha value is -1.78. The first-order chi connectivity index (χ1) is 7.29. The maximum Gasteiger partial charge on any atom is 0.231 e. The van der Waals surface area contributed by atoms with Crippen molar-refractivity contribution in [1.82, 2.24) is 14.6 Å². The number of aromatic nitrogens is 3. The molecular formula is C10H8FN3O. The van der Waals surface area contributed by atoms with Gasteiger partial charge in [-0.2, -0.15) is 4.39 Å². The van der Waals surface area contributed by atoms with E-state index in [1.165, 1.54) is 16.6 Å². The van der Waals surface area contributed by atoms with Crippen molar-refractivity contribution < 1.29 is 9.18 Å². The Morgan fingerprint density at radius 3 is 2.93 bits per heavy atom. The number of imidazole rings is 1. The van der Waals surface area contributed by atoms with Gasteiger partial charge in [0.15, 0.2) is 11.9 Å². The molecule has 4 nitrogen and oxygen atoms in total. The monoisotopic (exact) mass is 205 g/mol. The molecule has 0 aliphatic heterocycles. The van der Waals surface area contributed by atoms with Crippen molar-refractivity contribution in [2.75, 3.05) is 0 Å². The molecule has 0 saturated heterocycles. The highest BCUT2D eigenvalue weighted by Crippen LogP contribution is 2.40. The molecule has 0 radical (unpaired) electrons. The number of halogens is 1. The van der Waals surface area contributed by atoms with Crippen molar-refractivity contribution in [2.24, 2.45) is 0 Å². The fourth-order valence-corrected chi connectivity index (χ4v) is 1.71. The van der Waals surface area contributed by atoms with Gasteiger partial charge in [0.25, 0.3) is 0 Å². The third-order valence-electron chi connectivity index (χ3n) is 2.58. The van der Waals surface area contributed by atoms with Crippen LogP contribution in [0.2, 0.25) is 0 Å². The highest BCUT2D eigenvalue weighted by Gasteiger charge is 2.30. The number of fused-ring (bicyclic) bond motifs is 1. The van der Waals surface area contributed by atoms with Crippen LogP contribution >= 0.6 is 0 Å².